The van der Waals surface area contributed by atoms with Crippen LogP contribution in [0, 0.1) is 0 Å². The Morgan fingerprint density at radius 3 is 2.48 bits per heavy atom. The molecule has 0 unspecified atom stereocenters. The van der Waals surface area contributed by atoms with E-state index in [4.69, 9.17) is 4.74 Å². The summed E-state index contributed by atoms with van der Waals surface area (Å²) >= 11 is 0. The second-order valence-electron chi connectivity index (χ2n) is 4.97. The molecule has 0 saturated carbocycles. The predicted octanol–water partition coefficient (Wildman–Crippen LogP) is 2.05. The van der Waals surface area contributed by atoms with Gasteiger partial charge < -0.3 is 10.1 Å². The molecule has 0 aliphatic carbocycles. The molecule has 4 amide bonds. The highest BCUT2D eigenvalue weighted by Crippen LogP contribution is 2.28. The first kappa shape index (κ1) is 14.8. The molecule has 23 heavy (non-hydrogen) atoms. The van der Waals surface area contributed by atoms with Gasteiger partial charge in [0, 0.05) is 0 Å². The number of amides is 4. The lowest BCUT2D eigenvalue weighted by atomic mass is 9.98. The molecule has 1 fully saturated rings. The van der Waals surface area contributed by atoms with Crippen molar-refractivity contribution in [1.82, 2.24) is 10.2 Å². The Labute approximate surface area is 132 Å². The second-order valence-corrected chi connectivity index (χ2v) is 4.97. The Kier molecular flexibility index (Phi) is 3.80. The van der Waals surface area contributed by atoms with E-state index >= 15 is 0 Å². The summed E-state index contributed by atoms with van der Waals surface area (Å²) in [7, 11) is 1.49. The Morgan fingerprint density at radius 1 is 1.13 bits per heavy atom. The third-order valence-corrected chi connectivity index (χ3v) is 3.59. The molecule has 1 aliphatic rings. The summed E-state index contributed by atoms with van der Waals surface area (Å²) in [5.74, 6) is -0.760. The second kappa shape index (κ2) is 5.92. The number of hydrogen-bond acceptors (Lipinski definition) is 4. The predicted molar refractivity (Wildman–Crippen MR) is 83.0 cm³/mol. The van der Waals surface area contributed by atoms with Gasteiger partial charge in [-0.2, -0.15) is 4.90 Å². The highest BCUT2D eigenvalue weighted by Gasteiger charge is 2.36. The minimum absolute atomic E-state index is 0.171. The van der Waals surface area contributed by atoms with E-state index in [2.05, 4.69) is 5.32 Å². The molecule has 0 bridgehead atoms. The van der Waals surface area contributed by atoms with Gasteiger partial charge in [-0.15, -0.1) is 0 Å². The lowest BCUT2D eigenvalue weighted by Gasteiger charge is -2.15. The molecule has 2 aromatic rings. The minimum atomic E-state index is -0.707. The molecule has 116 valence electrons. The highest BCUT2D eigenvalue weighted by atomic mass is 16.5. The highest BCUT2D eigenvalue weighted by molar-refractivity contribution is 6.21. The fourth-order valence-electron chi connectivity index (χ4n) is 2.45. The van der Waals surface area contributed by atoms with Gasteiger partial charge in [0.1, 0.15) is 5.75 Å². The molecule has 2 aromatic carbocycles. The molecule has 3 rings (SSSR count). The van der Waals surface area contributed by atoms with Crippen LogP contribution >= 0.6 is 0 Å². The lowest BCUT2D eigenvalue weighted by molar-refractivity contribution is -0.123. The van der Waals surface area contributed by atoms with Gasteiger partial charge in [0.05, 0.1) is 19.2 Å². The van der Waals surface area contributed by atoms with Gasteiger partial charge >= 0.3 is 6.03 Å². The van der Waals surface area contributed by atoms with Crippen molar-refractivity contribution in [3.63, 3.8) is 0 Å². The number of rotatable bonds is 3. The smallest absolute Gasteiger partial charge is 0.331 e. The van der Waals surface area contributed by atoms with E-state index in [1.165, 1.54) is 13.2 Å². The number of nitrogens with zero attached hydrogens (tertiary/aromatic N) is 1. The van der Waals surface area contributed by atoms with E-state index in [-0.39, 0.29) is 12.1 Å². The van der Waals surface area contributed by atoms with Crippen molar-refractivity contribution >= 4 is 17.8 Å². The molecule has 6 heteroatoms. The van der Waals surface area contributed by atoms with E-state index in [9.17, 15) is 14.4 Å². The van der Waals surface area contributed by atoms with E-state index in [0.29, 0.717) is 16.2 Å². The number of carbonyl (C=O) groups is 3. The summed E-state index contributed by atoms with van der Waals surface area (Å²) in [5, 5.41) is 2.34. The van der Waals surface area contributed by atoms with Crippen LogP contribution in [-0.4, -0.2) is 36.4 Å². The van der Waals surface area contributed by atoms with Crippen LogP contribution in [0.2, 0.25) is 0 Å². The van der Waals surface area contributed by atoms with Crippen LogP contribution in [0.15, 0.2) is 48.5 Å². The Bertz CT molecular complexity index is 770. The first-order valence-corrected chi connectivity index (χ1v) is 7.00. The molecule has 1 heterocycles. The van der Waals surface area contributed by atoms with Gasteiger partial charge in [0.2, 0.25) is 0 Å². The topological polar surface area (TPSA) is 75.7 Å². The Hall–Kier alpha value is -3.15. The number of nitrogens with one attached hydrogen (secondary N) is 1. The van der Waals surface area contributed by atoms with Crippen molar-refractivity contribution in [1.29, 1.82) is 0 Å². The Morgan fingerprint density at radius 2 is 1.87 bits per heavy atom. The van der Waals surface area contributed by atoms with Crippen molar-refractivity contribution < 1.29 is 19.1 Å². The molecule has 0 radical (unpaired) electrons. The van der Waals surface area contributed by atoms with Gasteiger partial charge in [0.15, 0.2) is 0 Å². The maximum atomic E-state index is 12.7. The number of methoxy groups -OCH3 is 1. The Balaban J connectivity index is 2.11. The SMILES string of the molecule is COc1ccc(-c2ccccc2)c(C(=O)N2C(=O)CNC2=O)c1. The van der Waals surface area contributed by atoms with Crippen molar-refractivity contribution in [2.24, 2.45) is 0 Å². The number of benzene rings is 2. The fraction of sp³-hybridized carbons (Fsp3) is 0.118. The summed E-state index contributed by atoms with van der Waals surface area (Å²) in [5.41, 5.74) is 1.68. The summed E-state index contributed by atoms with van der Waals surface area (Å²) in [6.45, 7) is -0.171. The van der Waals surface area contributed by atoms with Gasteiger partial charge in [-0.1, -0.05) is 30.3 Å². The van der Waals surface area contributed by atoms with Crippen LogP contribution in [-0.2, 0) is 4.79 Å². The molecule has 6 nitrogen and oxygen atoms in total. The average Bonchev–Trinajstić information content (AvgIpc) is 2.93. The number of hydrogen-bond donors (Lipinski definition) is 1. The first-order valence-electron chi connectivity index (χ1n) is 7.00. The number of imide groups is 3. The maximum absolute atomic E-state index is 12.7. The van der Waals surface area contributed by atoms with Crippen molar-refractivity contribution in [2.45, 2.75) is 0 Å². The lowest BCUT2D eigenvalue weighted by Crippen LogP contribution is -2.37. The van der Waals surface area contributed by atoms with Crippen LogP contribution in [0.3, 0.4) is 0 Å². The van der Waals surface area contributed by atoms with Crippen molar-refractivity contribution in [3.05, 3.63) is 54.1 Å². The molecular formula is C17H14N2O4. The van der Waals surface area contributed by atoms with Crippen LogP contribution in [0.1, 0.15) is 10.4 Å². The third kappa shape index (κ3) is 2.66. The van der Waals surface area contributed by atoms with Crippen LogP contribution in [0.5, 0.6) is 5.75 Å². The molecule has 1 aliphatic heterocycles. The van der Waals surface area contributed by atoms with Gasteiger partial charge in [0.25, 0.3) is 11.8 Å². The summed E-state index contributed by atoms with van der Waals surface area (Å²) in [6.07, 6.45) is 0. The third-order valence-electron chi connectivity index (χ3n) is 3.59. The van der Waals surface area contributed by atoms with Gasteiger partial charge in [-0.25, -0.2) is 4.79 Å². The standard InChI is InChI=1S/C17H14N2O4/c1-23-12-7-8-13(11-5-3-2-4-6-11)14(9-12)16(21)19-15(20)10-18-17(19)22/h2-9H,10H2,1H3,(H,18,22). The first-order chi connectivity index (χ1) is 11.1. The van der Waals surface area contributed by atoms with Crippen LogP contribution in [0.25, 0.3) is 11.1 Å². The molecular weight excluding hydrogens is 296 g/mol. The monoisotopic (exact) mass is 310 g/mol. The minimum Gasteiger partial charge on any atom is -0.497 e. The number of carbonyl (C=O) groups excluding carboxylic acids is 3. The van der Waals surface area contributed by atoms with Crippen molar-refractivity contribution in [3.8, 4) is 16.9 Å². The number of urea groups is 1. The van der Waals surface area contributed by atoms with E-state index < -0.39 is 17.8 Å². The summed E-state index contributed by atoms with van der Waals surface area (Å²) < 4.78 is 5.16. The zero-order valence-corrected chi connectivity index (χ0v) is 12.4. The zero-order valence-electron chi connectivity index (χ0n) is 12.4. The quantitative estimate of drug-likeness (QED) is 0.695. The fourth-order valence-corrected chi connectivity index (χ4v) is 2.45. The molecule has 1 N–H and O–H groups in total. The van der Waals surface area contributed by atoms with Crippen molar-refractivity contribution in [2.75, 3.05) is 13.7 Å². The maximum Gasteiger partial charge on any atom is 0.331 e. The van der Waals surface area contributed by atoms with E-state index in [1.807, 2.05) is 30.3 Å². The number of ether oxygens (including phenoxy) is 1. The molecule has 0 aromatic heterocycles. The average molecular weight is 310 g/mol. The van der Waals surface area contributed by atoms with Gasteiger partial charge in [-0.3, -0.25) is 9.59 Å². The van der Waals surface area contributed by atoms with E-state index in [1.54, 1.807) is 12.1 Å². The van der Waals surface area contributed by atoms with Crippen LogP contribution < -0.4 is 10.1 Å². The zero-order chi connectivity index (χ0) is 16.4. The summed E-state index contributed by atoms with van der Waals surface area (Å²) in [6, 6.07) is 13.6. The molecule has 1 saturated heterocycles. The van der Waals surface area contributed by atoms with Gasteiger partial charge in [-0.05, 0) is 29.3 Å². The largest absolute Gasteiger partial charge is 0.497 e. The normalized spacial score (nSPS) is 13.9. The summed E-state index contributed by atoms with van der Waals surface area (Å²) in [4.78, 5) is 36.9. The molecule has 0 atom stereocenters. The van der Waals surface area contributed by atoms with E-state index in [0.717, 1.165) is 5.56 Å². The van der Waals surface area contributed by atoms with Crippen LogP contribution in [0.4, 0.5) is 4.79 Å². The molecule has 0 spiro atoms.